The van der Waals surface area contributed by atoms with Crippen LogP contribution >= 0.6 is 11.6 Å². The summed E-state index contributed by atoms with van der Waals surface area (Å²) in [7, 11) is 0. The number of halogens is 5. The molecule has 0 radical (unpaired) electrons. The smallest absolute Gasteiger partial charge is 0.421 e. The highest BCUT2D eigenvalue weighted by Gasteiger charge is 2.66. The lowest BCUT2D eigenvalue weighted by atomic mass is 10.2. The van der Waals surface area contributed by atoms with Crippen LogP contribution in [0.1, 0.15) is 0 Å². The first-order valence-electron chi connectivity index (χ1n) is 5.31. The Labute approximate surface area is 125 Å². The lowest BCUT2D eigenvalue weighted by Crippen LogP contribution is -2.52. The molecule has 0 aliphatic carbocycles. The minimum atomic E-state index is -4.88. The summed E-state index contributed by atoms with van der Waals surface area (Å²) in [5, 5.41) is 20.1. The Balaban J connectivity index is 2.38. The van der Waals surface area contributed by atoms with Gasteiger partial charge in [-0.2, -0.15) is 33.2 Å². The number of anilines is 1. The standard InChI is InChI=1S/C11H3ClF4N4O2/c12-6-1-8-9(22-11(15,16)10(13,14)21-8)2-7(6)20-19-5(3-17)4-18/h1-2,20H. The topological polar surface area (TPSA) is 90.4 Å². The molecule has 0 saturated carbocycles. The molecule has 1 aliphatic heterocycles. The predicted molar refractivity (Wildman–Crippen MR) is 64.9 cm³/mol. The Bertz CT molecular complexity index is 723. The summed E-state index contributed by atoms with van der Waals surface area (Å²) in [6.07, 6.45) is -9.73. The Morgan fingerprint density at radius 1 is 1.09 bits per heavy atom. The van der Waals surface area contributed by atoms with E-state index in [0.717, 1.165) is 12.1 Å². The number of hydrogen-bond donors (Lipinski definition) is 1. The van der Waals surface area contributed by atoms with Gasteiger partial charge in [0, 0.05) is 12.1 Å². The molecule has 1 aromatic carbocycles. The van der Waals surface area contributed by atoms with E-state index in [0.29, 0.717) is 0 Å². The van der Waals surface area contributed by atoms with Crippen LogP contribution in [0.3, 0.4) is 0 Å². The van der Waals surface area contributed by atoms with Crippen LogP contribution in [0.15, 0.2) is 17.2 Å². The molecule has 1 aliphatic rings. The highest BCUT2D eigenvalue weighted by Crippen LogP contribution is 2.49. The van der Waals surface area contributed by atoms with Gasteiger partial charge in [0.25, 0.3) is 0 Å². The molecule has 0 bridgehead atoms. The van der Waals surface area contributed by atoms with Gasteiger partial charge in [-0.25, -0.2) is 0 Å². The number of fused-ring (bicyclic) bond motifs is 1. The average Bonchev–Trinajstić information content (AvgIpc) is 2.42. The molecule has 11 heteroatoms. The Morgan fingerprint density at radius 2 is 1.59 bits per heavy atom. The van der Waals surface area contributed by atoms with Crippen LogP contribution < -0.4 is 14.9 Å². The van der Waals surface area contributed by atoms with E-state index in [2.05, 4.69) is 20.0 Å². The van der Waals surface area contributed by atoms with Crippen LogP contribution in [0.5, 0.6) is 11.5 Å². The minimum Gasteiger partial charge on any atom is -0.421 e. The molecule has 114 valence electrons. The molecule has 0 aromatic heterocycles. The van der Waals surface area contributed by atoms with Crippen molar-refractivity contribution in [3.63, 3.8) is 0 Å². The van der Waals surface area contributed by atoms with Crippen molar-refractivity contribution in [1.29, 1.82) is 10.5 Å². The molecule has 0 saturated heterocycles. The number of hydrogen-bond acceptors (Lipinski definition) is 6. The van der Waals surface area contributed by atoms with Gasteiger partial charge < -0.3 is 9.47 Å². The van der Waals surface area contributed by atoms with Crippen molar-refractivity contribution in [2.24, 2.45) is 5.10 Å². The third kappa shape index (κ3) is 2.69. The van der Waals surface area contributed by atoms with Crippen molar-refractivity contribution in [3.8, 4) is 23.6 Å². The molecule has 1 aromatic rings. The molecule has 0 unspecified atom stereocenters. The van der Waals surface area contributed by atoms with Crippen LogP contribution in [-0.2, 0) is 0 Å². The fourth-order valence-corrected chi connectivity index (χ4v) is 1.56. The van der Waals surface area contributed by atoms with Gasteiger partial charge in [-0.3, -0.25) is 5.43 Å². The van der Waals surface area contributed by atoms with E-state index in [9.17, 15) is 17.6 Å². The molecule has 1 heterocycles. The lowest BCUT2D eigenvalue weighted by molar-refractivity contribution is -0.391. The van der Waals surface area contributed by atoms with Crippen LogP contribution in [-0.4, -0.2) is 17.9 Å². The van der Waals surface area contributed by atoms with Gasteiger partial charge in [-0.05, 0) is 0 Å². The zero-order valence-electron chi connectivity index (χ0n) is 10.2. The molecule has 2 rings (SSSR count). The molecule has 22 heavy (non-hydrogen) atoms. The number of benzene rings is 1. The normalized spacial score (nSPS) is 16.9. The number of alkyl halides is 4. The van der Waals surface area contributed by atoms with Gasteiger partial charge in [0.2, 0.25) is 5.71 Å². The zero-order chi connectivity index (χ0) is 16.5. The first-order chi connectivity index (χ1) is 10.2. The van der Waals surface area contributed by atoms with E-state index in [1.54, 1.807) is 0 Å². The number of nitriles is 2. The second kappa shape index (κ2) is 5.24. The number of nitrogens with one attached hydrogen (secondary N) is 1. The van der Waals surface area contributed by atoms with Gasteiger partial charge in [0.1, 0.15) is 12.1 Å². The number of ether oxygens (including phenoxy) is 2. The molecule has 6 nitrogen and oxygen atoms in total. The Hall–Kier alpha value is -2.72. The van der Waals surface area contributed by atoms with E-state index in [1.165, 1.54) is 12.1 Å². The summed E-state index contributed by atoms with van der Waals surface area (Å²) >= 11 is 5.73. The van der Waals surface area contributed by atoms with Crippen LogP contribution in [0.4, 0.5) is 23.2 Å². The molecule has 1 N–H and O–H groups in total. The summed E-state index contributed by atoms with van der Waals surface area (Å²) in [6.45, 7) is 0. The number of nitrogens with zero attached hydrogens (tertiary/aromatic N) is 3. The molecule has 0 spiro atoms. The fraction of sp³-hybridized carbons (Fsp3) is 0.182. The van der Waals surface area contributed by atoms with Crippen LogP contribution in [0, 0.1) is 22.7 Å². The third-order valence-corrected chi connectivity index (χ3v) is 2.66. The minimum absolute atomic E-state index is 0.159. The first kappa shape index (κ1) is 15.7. The second-order valence-electron chi connectivity index (χ2n) is 3.81. The molecule has 0 atom stereocenters. The van der Waals surface area contributed by atoms with Crippen molar-refractivity contribution < 1.29 is 27.0 Å². The van der Waals surface area contributed by atoms with Crippen LogP contribution in [0.2, 0.25) is 5.02 Å². The molecule has 0 fully saturated rings. The summed E-state index contributed by atoms with van der Waals surface area (Å²) < 4.78 is 59.9. The van der Waals surface area contributed by atoms with E-state index in [1.807, 2.05) is 0 Å². The van der Waals surface area contributed by atoms with Crippen LogP contribution in [0.25, 0.3) is 0 Å². The largest absolute Gasteiger partial charge is 0.507 e. The second-order valence-corrected chi connectivity index (χ2v) is 4.22. The maximum absolute atomic E-state index is 13.1. The highest BCUT2D eigenvalue weighted by atomic mass is 35.5. The Kier molecular flexibility index (Phi) is 3.73. The summed E-state index contributed by atoms with van der Waals surface area (Å²) in [6, 6.07) is 4.49. The quantitative estimate of drug-likeness (QED) is 0.510. The molecular weight excluding hydrogens is 332 g/mol. The van der Waals surface area contributed by atoms with Gasteiger partial charge in [0.05, 0.1) is 10.7 Å². The summed E-state index contributed by atoms with van der Waals surface area (Å²) in [4.78, 5) is 0. The lowest BCUT2D eigenvalue weighted by Gasteiger charge is -2.32. The SMILES string of the molecule is N#CC(C#N)=NNc1cc2c(cc1Cl)OC(F)(F)C(F)(F)O2. The van der Waals surface area contributed by atoms with Gasteiger partial charge >= 0.3 is 12.2 Å². The van der Waals surface area contributed by atoms with Crippen molar-refractivity contribution in [1.82, 2.24) is 0 Å². The van der Waals surface area contributed by atoms with Crippen molar-refractivity contribution in [2.45, 2.75) is 12.2 Å². The van der Waals surface area contributed by atoms with Crippen molar-refractivity contribution >= 4 is 23.0 Å². The summed E-state index contributed by atoms with van der Waals surface area (Å²) in [5.74, 6) is -1.41. The van der Waals surface area contributed by atoms with E-state index < -0.39 is 29.4 Å². The van der Waals surface area contributed by atoms with Crippen molar-refractivity contribution in [3.05, 3.63) is 17.2 Å². The molecular formula is C11H3ClF4N4O2. The maximum atomic E-state index is 13.1. The highest BCUT2D eigenvalue weighted by molar-refractivity contribution is 6.33. The van der Waals surface area contributed by atoms with Gasteiger partial charge in [0.15, 0.2) is 11.5 Å². The van der Waals surface area contributed by atoms with E-state index in [-0.39, 0.29) is 10.7 Å². The Morgan fingerprint density at radius 3 is 2.09 bits per heavy atom. The third-order valence-electron chi connectivity index (χ3n) is 2.35. The number of hydrazone groups is 1. The van der Waals surface area contributed by atoms with Crippen molar-refractivity contribution in [2.75, 3.05) is 5.43 Å². The average molecular weight is 335 g/mol. The van der Waals surface area contributed by atoms with Gasteiger partial charge in [-0.15, -0.1) is 0 Å². The van der Waals surface area contributed by atoms with E-state index >= 15 is 0 Å². The number of rotatable bonds is 2. The predicted octanol–water partition coefficient (Wildman–Crippen LogP) is 3.11. The molecule has 0 amide bonds. The first-order valence-corrected chi connectivity index (χ1v) is 5.69. The summed E-state index contributed by atoms with van der Waals surface area (Å²) in [5.41, 5.74) is 1.43. The monoisotopic (exact) mass is 334 g/mol. The van der Waals surface area contributed by atoms with Gasteiger partial charge in [-0.1, -0.05) is 11.6 Å². The van der Waals surface area contributed by atoms with E-state index in [4.69, 9.17) is 22.1 Å². The zero-order valence-corrected chi connectivity index (χ0v) is 11.0. The fourth-order valence-electron chi connectivity index (χ4n) is 1.37. The maximum Gasteiger partial charge on any atom is 0.507 e.